The number of carbonyl (C=O) groups is 1. The maximum absolute atomic E-state index is 13.4. The predicted molar refractivity (Wildman–Crippen MR) is 80.1 cm³/mol. The van der Waals surface area contributed by atoms with Crippen LogP contribution in [0.1, 0.15) is 25.3 Å². The summed E-state index contributed by atoms with van der Waals surface area (Å²) in [7, 11) is 0. The lowest BCUT2D eigenvalue weighted by Crippen LogP contribution is -2.48. The van der Waals surface area contributed by atoms with Crippen LogP contribution < -0.4 is 10.2 Å². The Kier molecular flexibility index (Phi) is 5.04. The molecule has 21 heavy (non-hydrogen) atoms. The fourth-order valence-electron chi connectivity index (χ4n) is 2.57. The molecule has 0 saturated carbocycles. The molecule has 0 aromatic heterocycles. The lowest BCUT2D eigenvalue weighted by molar-refractivity contribution is -0.119. The highest BCUT2D eigenvalue weighted by atomic mass is 35.5. The number of hydrogen-bond donors (Lipinski definition) is 1. The summed E-state index contributed by atoms with van der Waals surface area (Å²) in [5.41, 5.74) is 0.769. The molecule has 0 aliphatic carbocycles. The van der Waals surface area contributed by atoms with Crippen LogP contribution in [-0.4, -0.2) is 30.9 Å². The molecule has 1 amide bonds. The van der Waals surface area contributed by atoms with Gasteiger partial charge in [0.2, 0.25) is 5.91 Å². The van der Waals surface area contributed by atoms with Crippen molar-refractivity contribution in [2.24, 2.45) is 0 Å². The first kappa shape index (κ1) is 16.0. The van der Waals surface area contributed by atoms with E-state index in [0.717, 1.165) is 32.0 Å². The standard InChI is InChI=1S/C15H19ClF2N2O/c1-15(17,18)11-4-2-6-13(8-11)20-7-3-5-12(10-20)19-14(21)9-16/h2,4,6,8,12H,3,5,7,9-10H2,1H3,(H,19,21). The van der Waals surface area contributed by atoms with E-state index in [-0.39, 0.29) is 23.4 Å². The van der Waals surface area contributed by atoms with Gasteiger partial charge in [0.05, 0.1) is 0 Å². The topological polar surface area (TPSA) is 32.3 Å². The molecule has 1 aliphatic heterocycles. The number of carbonyl (C=O) groups excluding carboxylic acids is 1. The number of benzene rings is 1. The van der Waals surface area contributed by atoms with E-state index in [1.165, 1.54) is 12.1 Å². The minimum Gasteiger partial charge on any atom is -0.369 e. The molecule has 116 valence electrons. The Hall–Kier alpha value is -1.36. The van der Waals surface area contributed by atoms with Crippen molar-refractivity contribution in [3.8, 4) is 0 Å². The molecule has 1 aliphatic rings. The summed E-state index contributed by atoms with van der Waals surface area (Å²) in [5.74, 6) is -3.11. The summed E-state index contributed by atoms with van der Waals surface area (Å²) in [4.78, 5) is 13.4. The second-order valence-electron chi connectivity index (χ2n) is 5.43. The number of hydrogen-bond acceptors (Lipinski definition) is 2. The fourth-order valence-corrected chi connectivity index (χ4v) is 2.65. The van der Waals surface area contributed by atoms with Gasteiger partial charge in [0, 0.05) is 37.3 Å². The van der Waals surface area contributed by atoms with Crippen LogP contribution in [0.3, 0.4) is 0 Å². The van der Waals surface area contributed by atoms with Crippen LogP contribution in [0.25, 0.3) is 0 Å². The number of nitrogens with one attached hydrogen (secondary N) is 1. The molecular formula is C15H19ClF2N2O. The number of anilines is 1. The van der Waals surface area contributed by atoms with E-state index in [1.54, 1.807) is 6.07 Å². The zero-order valence-corrected chi connectivity index (χ0v) is 12.7. The summed E-state index contributed by atoms with van der Waals surface area (Å²) in [6.45, 7) is 2.30. The lowest BCUT2D eigenvalue weighted by Gasteiger charge is -2.35. The van der Waals surface area contributed by atoms with Gasteiger partial charge in [-0.3, -0.25) is 4.79 Å². The molecule has 0 bridgehead atoms. The minimum atomic E-state index is -2.85. The van der Waals surface area contributed by atoms with Crippen LogP contribution in [0.2, 0.25) is 0 Å². The van der Waals surface area contributed by atoms with Gasteiger partial charge in [-0.25, -0.2) is 8.78 Å². The van der Waals surface area contributed by atoms with Gasteiger partial charge in [0.1, 0.15) is 5.88 Å². The van der Waals surface area contributed by atoms with E-state index in [9.17, 15) is 13.6 Å². The smallest absolute Gasteiger partial charge is 0.270 e. The Labute approximate surface area is 128 Å². The first-order chi connectivity index (χ1) is 9.90. The molecule has 1 aromatic carbocycles. The Balaban J connectivity index is 2.09. The molecule has 1 N–H and O–H groups in total. The molecule has 1 heterocycles. The number of halogens is 3. The van der Waals surface area contributed by atoms with Crippen molar-refractivity contribution >= 4 is 23.2 Å². The first-order valence-corrected chi connectivity index (χ1v) is 7.52. The average molecular weight is 317 g/mol. The van der Waals surface area contributed by atoms with E-state index in [2.05, 4.69) is 5.32 Å². The van der Waals surface area contributed by atoms with Gasteiger partial charge in [-0.2, -0.15) is 0 Å². The van der Waals surface area contributed by atoms with Crippen molar-refractivity contribution < 1.29 is 13.6 Å². The minimum absolute atomic E-state index is 0.00640. The first-order valence-electron chi connectivity index (χ1n) is 6.99. The molecule has 0 radical (unpaired) electrons. The van der Waals surface area contributed by atoms with E-state index in [1.807, 2.05) is 11.0 Å². The molecule has 1 aromatic rings. The van der Waals surface area contributed by atoms with Crippen LogP contribution >= 0.6 is 11.6 Å². The Morgan fingerprint density at radius 1 is 1.52 bits per heavy atom. The second kappa shape index (κ2) is 6.60. The Morgan fingerprint density at radius 2 is 2.29 bits per heavy atom. The molecule has 2 rings (SSSR count). The third-order valence-electron chi connectivity index (χ3n) is 3.63. The van der Waals surface area contributed by atoms with E-state index >= 15 is 0 Å². The number of rotatable bonds is 4. The van der Waals surface area contributed by atoms with Crippen LogP contribution in [-0.2, 0) is 10.7 Å². The van der Waals surface area contributed by atoms with Gasteiger partial charge in [0.25, 0.3) is 5.92 Å². The largest absolute Gasteiger partial charge is 0.369 e. The van der Waals surface area contributed by atoms with Crippen molar-refractivity contribution in [2.75, 3.05) is 23.9 Å². The number of alkyl halides is 3. The SMILES string of the molecule is CC(F)(F)c1cccc(N2CCCC(NC(=O)CCl)C2)c1. The monoisotopic (exact) mass is 316 g/mol. The number of nitrogens with zero attached hydrogens (tertiary/aromatic N) is 1. The van der Waals surface area contributed by atoms with Crippen LogP contribution in [0.4, 0.5) is 14.5 Å². The highest BCUT2D eigenvalue weighted by Gasteiger charge is 2.26. The van der Waals surface area contributed by atoms with Crippen molar-refractivity contribution in [1.82, 2.24) is 5.32 Å². The number of amides is 1. The van der Waals surface area contributed by atoms with Gasteiger partial charge < -0.3 is 10.2 Å². The molecule has 1 atom stereocenters. The van der Waals surface area contributed by atoms with Crippen LogP contribution in [0.15, 0.2) is 24.3 Å². The molecule has 1 fully saturated rings. The van der Waals surface area contributed by atoms with Gasteiger partial charge >= 0.3 is 0 Å². The molecule has 3 nitrogen and oxygen atoms in total. The molecule has 6 heteroatoms. The predicted octanol–water partition coefficient (Wildman–Crippen LogP) is 3.12. The van der Waals surface area contributed by atoms with Crippen molar-refractivity contribution in [3.05, 3.63) is 29.8 Å². The highest BCUT2D eigenvalue weighted by molar-refractivity contribution is 6.27. The number of piperidine rings is 1. The van der Waals surface area contributed by atoms with Crippen molar-refractivity contribution in [2.45, 2.75) is 31.7 Å². The van der Waals surface area contributed by atoms with Crippen molar-refractivity contribution in [3.63, 3.8) is 0 Å². The van der Waals surface area contributed by atoms with E-state index in [4.69, 9.17) is 11.6 Å². The maximum atomic E-state index is 13.4. The second-order valence-corrected chi connectivity index (χ2v) is 5.69. The third kappa shape index (κ3) is 4.30. The van der Waals surface area contributed by atoms with Gasteiger partial charge in [0.15, 0.2) is 0 Å². The Morgan fingerprint density at radius 3 is 2.95 bits per heavy atom. The van der Waals surface area contributed by atoms with E-state index in [0.29, 0.717) is 6.54 Å². The lowest BCUT2D eigenvalue weighted by atomic mass is 10.0. The third-order valence-corrected chi connectivity index (χ3v) is 3.87. The molecule has 0 spiro atoms. The van der Waals surface area contributed by atoms with E-state index < -0.39 is 5.92 Å². The quantitative estimate of drug-likeness (QED) is 0.866. The summed E-state index contributed by atoms with van der Waals surface area (Å²) in [5, 5.41) is 2.85. The molecular weight excluding hydrogens is 298 g/mol. The zero-order chi connectivity index (χ0) is 15.5. The summed E-state index contributed by atoms with van der Waals surface area (Å²) in [6.07, 6.45) is 1.78. The maximum Gasteiger partial charge on any atom is 0.270 e. The normalized spacial score (nSPS) is 19.4. The summed E-state index contributed by atoms with van der Waals surface area (Å²) < 4.78 is 26.8. The fraction of sp³-hybridized carbons (Fsp3) is 0.533. The average Bonchev–Trinajstić information content (AvgIpc) is 2.46. The molecule has 1 unspecified atom stereocenters. The molecule has 1 saturated heterocycles. The van der Waals surface area contributed by atoms with Gasteiger partial charge in [-0.1, -0.05) is 12.1 Å². The van der Waals surface area contributed by atoms with Crippen LogP contribution in [0, 0.1) is 0 Å². The highest BCUT2D eigenvalue weighted by Crippen LogP contribution is 2.30. The van der Waals surface area contributed by atoms with Crippen LogP contribution in [0.5, 0.6) is 0 Å². The van der Waals surface area contributed by atoms with Gasteiger partial charge in [-0.05, 0) is 25.0 Å². The summed E-state index contributed by atoms with van der Waals surface area (Å²) >= 11 is 5.49. The zero-order valence-electron chi connectivity index (χ0n) is 11.9. The van der Waals surface area contributed by atoms with Gasteiger partial charge in [-0.15, -0.1) is 11.6 Å². The van der Waals surface area contributed by atoms with Crippen molar-refractivity contribution in [1.29, 1.82) is 0 Å². The Bertz CT molecular complexity index is 505. The summed E-state index contributed by atoms with van der Waals surface area (Å²) in [6, 6.07) is 6.42.